The van der Waals surface area contributed by atoms with Crippen molar-refractivity contribution in [1.82, 2.24) is 4.98 Å². The predicted octanol–water partition coefficient (Wildman–Crippen LogP) is 2.63. The highest BCUT2D eigenvalue weighted by Crippen LogP contribution is 2.25. The van der Waals surface area contributed by atoms with Crippen molar-refractivity contribution in [2.45, 2.75) is 13.3 Å². The third kappa shape index (κ3) is 2.17. The Bertz CT molecular complexity index is 382. The Hall–Kier alpha value is -0.790. The molecule has 1 aromatic heterocycles. The monoisotopic (exact) mass is 313 g/mol. The molecule has 0 spiro atoms. The molecule has 14 heavy (non-hydrogen) atoms. The first-order chi connectivity index (χ1) is 6.43. The van der Waals surface area contributed by atoms with Crippen LogP contribution in [0, 0.1) is 10.6 Å². The van der Waals surface area contributed by atoms with Gasteiger partial charge < -0.3 is 5.11 Å². The van der Waals surface area contributed by atoms with Crippen molar-refractivity contribution in [1.29, 1.82) is 0 Å². The van der Waals surface area contributed by atoms with Crippen LogP contribution in [-0.2, 0) is 0 Å². The molecule has 0 atom stereocenters. The van der Waals surface area contributed by atoms with E-state index in [1.807, 2.05) is 0 Å². The van der Waals surface area contributed by atoms with Crippen molar-refractivity contribution in [2.75, 3.05) is 0 Å². The van der Waals surface area contributed by atoms with Gasteiger partial charge in [-0.05, 0) is 35.6 Å². The van der Waals surface area contributed by atoms with E-state index in [0.717, 1.165) is 6.07 Å². The van der Waals surface area contributed by atoms with E-state index in [2.05, 4.69) is 4.98 Å². The molecule has 0 aliphatic heterocycles. The van der Waals surface area contributed by atoms with Gasteiger partial charge in [-0.1, -0.05) is 0 Å². The standard InChI is InChI=1S/C8H6F2INO2/c1-3-6(8(13)14)4(7(9)10)2-5(11)12-3/h2,7H,1H3,(H,13,14). The van der Waals surface area contributed by atoms with E-state index < -0.39 is 23.5 Å². The Labute approximate surface area is 92.3 Å². The zero-order chi connectivity index (χ0) is 10.9. The van der Waals surface area contributed by atoms with Gasteiger partial charge in [-0.3, -0.25) is 0 Å². The molecule has 0 saturated carbocycles. The summed E-state index contributed by atoms with van der Waals surface area (Å²) in [5.41, 5.74) is -0.769. The summed E-state index contributed by atoms with van der Waals surface area (Å²) in [6.45, 7) is 1.40. The smallest absolute Gasteiger partial charge is 0.338 e. The predicted molar refractivity (Wildman–Crippen MR) is 53.6 cm³/mol. The lowest BCUT2D eigenvalue weighted by Crippen LogP contribution is -2.08. The number of hydrogen-bond donors (Lipinski definition) is 1. The first-order valence-corrected chi connectivity index (χ1v) is 4.70. The molecular weight excluding hydrogens is 307 g/mol. The van der Waals surface area contributed by atoms with Gasteiger partial charge >= 0.3 is 5.97 Å². The van der Waals surface area contributed by atoms with E-state index in [-0.39, 0.29) is 5.69 Å². The molecule has 1 aromatic rings. The lowest BCUT2D eigenvalue weighted by molar-refractivity contribution is 0.0683. The summed E-state index contributed by atoms with van der Waals surface area (Å²) in [6, 6.07) is 1.08. The molecule has 6 heteroatoms. The highest BCUT2D eigenvalue weighted by Gasteiger charge is 2.21. The molecule has 0 amide bonds. The van der Waals surface area contributed by atoms with Gasteiger partial charge in [0.15, 0.2) is 0 Å². The second-order valence-electron chi connectivity index (χ2n) is 2.60. The summed E-state index contributed by atoms with van der Waals surface area (Å²) in [5, 5.41) is 8.71. The van der Waals surface area contributed by atoms with Gasteiger partial charge in [-0.25, -0.2) is 18.6 Å². The van der Waals surface area contributed by atoms with Crippen LogP contribution in [0.4, 0.5) is 8.78 Å². The fourth-order valence-electron chi connectivity index (χ4n) is 1.11. The largest absolute Gasteiger partial charge is 0.478 e. The molecule has 0 radical (unpaired) electrons. The number of carboxylic acids is 1. The minimum atomic E-state index is -2.80. The minimum absolute atomic E-state index is 0.111. The Morgan fingerprint density at radius 3 is 2.64 bits per heavy atom. The van der Waals surface area contributed by atoms with Gasteiger partial charge in [0.25, 0.3) is 6.43 Å². The third-order valence-corrected chi connectivity index (χ3v) is 2.20. The molecule has 3 nitrogen and oxygen atoms in total. The van der Waals surface area contributed by atoms with Crippen molar-refractivity contribution < 1.29 is 18.7 Å². The van der Waals surface area contributed by atoms with E-state index >= 15 is 0 Å². The summed E-state index contributed by atoms with van der Waals surface area (Å²) in [7, 11) is 0. The van der Waals surface area contributed by atoms with Crippen LogP contribution in [0.15, 0.2) is 6.07 Å². The maximum absolute atomic E-state index is 12.5. The van der Waals surface area contributed by atoms with Crippen molar-refractivity contribution in [3.63, 3.8) is 0 Å². The summed E-state index contributed by atoms with van der Waals surface area (Å²) in [4.78, 5) is 14.5. The van der Waals surface area contributed by atoms with E-state index in [9.17, 15) is 13.6 Å². The van der Waals surface area contributed by atoms with Gasteiger partial charge in [0.2, 0.25) is 0 Å². The second kappa shape index (κ2) is 4.16. The molecule has 0 bridgehead atoms. The molecular formula is C8H6F2INO2. The lowest BCUT2D eigenvalue weighted by atomic mass is 10.1. The SMILES string of the molecule is Cc1nc(I)cc(C(F)F)c1C(=O)O. The number of carbonyl (C=O) groups is 1. The van der Waals surface area contributed by atoms with E-state index in [0.29, 0.717) is 3.70 Å². The Morgan fingerprint density at radius 1 is 1.64 bits per heavy atom. The van der Waals surface area contributed by atoms with Crippen LogP contribution in [0.5, 0.6) is 0 Å². The van der Waals surface area contributed by atoms with Crippen molar-refractivity contribution in [3.8, 4) is 0 Å². The van der Waals surface area contributed by atoms with Crippen LogP contribution in [0.2, 0.25) is 0 Å². The Morgan fingerprint density at radius 2 is 2.21 bits per heavy atom. The van der Waals surface area contributed by atoms with Crippen LogP contribution >= 0.6 is 22.6 Å². The number of aryl methyl sites for hydroxylation is 1. The molecule has 76 valence electrons. The highest BCUT2D eigenvalue weighted by molar-refractivity contribution is 14.1. The number of halogens is 3. The fraction of sp³-hybridized carbons (Fsp3) is 0.250. The average Bonchev–Trinajstić information content (AvgIpc) is 2.01. The third-order valence-electron chi connectivity index (χ3n) is 1.65. The lowest BCUT2D eigenvalue weighted by Gasteiger charge is -2.07. The number of pyridine rings is 1. The zero-order valence-corrected chi connectivity index (χ0v) is 9.25. The molecule has 1 rings (SSSR count). The van der Waals surface area contributed by atoms with Crippen molar-refractivity contribution in [2.24, 2.45) is 0 Å². The summed E-state index contributed by atoms with van der Waals surface area (Å²) in [6.07, 6.45) is -2.80. The van der Waals surface area contributed by atoms with Crippen LogP contribution < -0.4 is 0 Å². The molecule has 0 saturated heterocycles. The first-order valence-electron chi connectivity index (χ1n) is 3.62. The number of carboxylic acid groups (broad SMARTS) is 1. The number of rotatable bonds is 2. The minimum Gasteiger partial charge on any atom is -0.478 e. The number of nitrogens with zero attached hydrogens (tertiary/aromatic N) is 1. The van der Waals surface area contributed by atoms with E-state index in [1.54, 1.807) is 22.6 Å². The van der Waals surface area contributed by atoms with Crippen LogP contribution in [0.25, 0.3) is 0 Å². The quantitative estimate of drug-likeness (QED) is 0.674. The Kier molecular flexibility index (Phi) is 3.35. The topological polar surface area (TPSA) is 50.2 Å². The summed E-state index contributed by atoms with van der Waals surface area (Å²) < 4.78 is 25.3. The number of aromatic carboxylic acids is 1. The van der Waals surface area contributed by atoms with Gasteiger partial charge in [-0.2, -0.15) is 0 Å². The molecule has 0 aromatic carbocycles. The van der Waals surface area contributed by atoms with Crippen LogP contribution in [-0.4, -0.2) is 16.1 Å². The molecule has 0 fully saturated rings. The van der Waals surface area contributed by atoms with Gasteiger partial charge in [0, 0.05) is 5.56 Å². The fourth-order valence-corrected chi connectivity index (χ4v) is 1.81. The summed E-state index contributed by atoms with van der Waals surface area (Å²) in [5.74, 6) is -1.37. The molecule has 1 heterocycles. The maximum Gasteiger partial charge on any atom is 0.338 e. The second-order valence-corrected chi connectivity index (χ2v) is 3.71. The van der Waals surface area contributed by atoms with Gasteiger partial charge in [0.05, 0.1) is 11.3 Å². The van der Waals surface area contributed by atoms with Crippen LogP contribution in [0.1, 0.15) is 28.0 Å². The Balaban J connectivity index is 3.44. The van der Waals surface area contributed by atoms with Gasteiger partial charge in [0.1, 0.15) is 3.70 Å². The summed E-state index contributed by atoms with van der Waals surface area (Å²) >= 11 is 1.77. The van der Waals surface area contributed by atoms with Gasteiger partial charge in [-0.15, -0.1) is 0 Å². The molecule has 1 N–H and O–H groups in total. The first kappa shape index (κ1) is 11.3. The normalized spacial score (nSPS) is 10.6. The molecule has 0 aliphatic rings. The highest BCUT2D eigenvalue weighted by atomic mass is 127. The van der Waals surface area contributed by atoms with E-state index in [1.165, 1.54) is 6.92 Å². The van der Waals surface area contributed by atoms with E-state index in [4.69, 9.17) is 5.11 Å². The zero-order valence-electron chi connectivity index (χ0n) is 7.09. The molecule has 0 unspecified atom stereocenters. The number of alkyl halides is 2. The van der Waals surface area contributed by atoms with Crippen LogP contribution in [0.3, 0.4) is 0 Å². The maximum atomic E-state index is 12.5. The number of hydrogen-bond acceptors (Lipinski definition) is 2. The molecule has 0 aliphatic carbocycles. The van der Waals surface area contributed by atoms with Crippen molar-refractivity contribution in [3.05, 3.63) is 26.6 Å². The van der Waals surface area contributed by atoms with Crippen molar-refractivity contribution >= 4 is 28.6 Å². The average molecular weight is 313 g/mol. The number of aromatic nitrogens is 1.